The molecule has 0 saturated carbocycles. The van der Waals surface area contributed by atoms with Crippen LogP contribution in [0.5, 0.6) is 0 Å². The van der Waals surface area contributed by atoms with Gasteiger partial charge in [0.1, 0.15) is 5.88 Å². The second-order valence-electron chi connectivity index (χ2n) is 6.56. The maximum absolute atomic E-state index is 12.3. The number of carbonyl (C=O) groups excluding carboxylic acids is 2. The molecule has 0 radical (unpaired) electrons. The third-order valence-corrected chi connectivity index (χ3v) is 4.53. The monoisotopic (exact) mass is 307 g/mol. The lowest BCUT2D eigenvalue weighted by molar-refractivity contribution is -0.117. The van der Waals surface area contributed by atoms with E-state index in [4.69, 9.17) is 11.6 Å². The predicted molar refractivity (Wildman–Crippen MR) is 86.5 cm³/mol. The Morgan fingerprint density at radius 1 is 1.38 bits per heavy atom. The number of nitrogens with zero attached hydrogens (tertiary/aromatic N) is 1. The van der Waals surface area contributed by atoms with Crippen molar-refractivity contribution in [2.24, 2.45) is 0 Å². The molecule has 3 nitrogen and oxygen atoms in total. The molecule has 114 valence electrons. The number of hydrogen-bond donors (Lipinski definition) is 0. The van der Waals surface area contributed by atoms with Crippen LogP contribution in [0.25, 0.3) is 0 Å². The standard InChI is InChI=1S/C17H22ClNO2/c1-10-6-14-11(2)8-17(4,5)19(16(21)9-18)15(14)7-13(10)12(3)20/h6-7,11H,8-9H2,1-5H3/t11-/m0/s1. The molecule has 1 amide bonds. The molecule has 0 N–H and O–H groups in total. The van der Waals surface area contributed by atoms with Gasteiger partial charge in [-0.1, -0.05) is 13.0 Å². The Kier molecular flexibility index (Phi) is 4.16. The lowest BCUT2D eigenvalue weighted by Gasteiger charge is -2.46. The first-order valence-electron chi connectivity index (χ1n) is 7.23. The van der Waals surface area contributed by atoms with Crippen molar-refractivity contribution in [3.63, 3.8) is 0 Å². The summed E-state index contributed by atoms with van der Waals surface area (Å²) in [6.45, 7) is 9.75. The Bertz CT molecular complexity index is 607. The van der Waals surface area contributed by atoms with Gasteiger partial charge in [0.05, 0.1) is 0 Å². The molecule has 0 aliphatic carbocycles. The number of anilines is 1. The Hall–Kier alpha value is -1.35. The van der Waals surface area contributed by atoms with Crippen molar-refractivity contribution in [2.45, 2.75) is 52.5 Å². The molecule has 21 heavy (non-hydrogen) atoms. The maximum Gasteiger partial charge on any atom is 0.242 e. The number of halogens is 1. The van der Waals surface area contributed by atoms with Gasteiger partial charge in [0.2, 0.25) is 5.91 Å². The third-order valence-electron chi connectivity index (χ3n) is 4.30. The molecule has 0 saturated heterocycles. The third kappa shape index (κ3) is 2.71. The number of fused-ring (bicyclic) bond motifs is 1. The van der Waals surface area contributed by atoms with Crippen molar-refractivity contribution in [1.82, 2.24) is 0 Å². The summed E-state index contributed by atoms with van der Waals surface area (Å²) in [6.07, 6.45) is 0.876. The summed E-state index contributed by atoms with van der Waals surface area (Å²) >= 11 is 5.79. The minimum atomic E-state index is -0.304. The van der Waals surface area contributed by atoms with Crippen molar-refractivity contribution >= 4 is 29.0 Å². The van der Waals surface area contributed by atoms with Crippen molar-refractivity contribution in [3.8, 4) is 0 Å². The summed E-state index contributed by atoms with van der Waals surface area (Å²) < 4.78 is 0. The zero-order chi connectivity index (χ0) is 15.9. The average Bonchev–Trinajstić information content (AvgIpc) is 2.37. The summed E-state index contributed by atoms with van der Waals surface area (Å²) in [4.78, 5) is 25.9. The fraction of sp³-hybridized carbons (Fsp3) is 0.529. The Labute approximate surface area is 131 Å². The largest absolute Gasteiger partial charge is 0.306 e. The highest BCUT2D eigenvalue weighted by Crippen LogP contribution is 2.44. The van der Waals surface area contributed by atoms with Crippen molar-refractivity contribution in [1.29, 1.82) is 0 Å². The normalized spacial score (nSPS) is 20.1. The molecule has 0 bridgehead atoms. The van der Waals surface area contributed by atoms with Crippen molar-refractivity contribution < 1.29 is 9.59 Å². The minimum absolute atomic E-state index is 0.0182. The number of aryl methyl sites for hydroxylation is 1. The number of alkyl halides is 1. The van der Waals surface area contributed by atoms with Crippen molar-refractivity contribution in [3.05, 3.63) is 28.8 Å². The van der Waals surface area contributed by atoms with Gasteiger partial charge in [-0.25, -0.2) is 0 Å². The molecule has 0 aromatic heterocycles. The van der Waals surface area contributed by atoms with Crippen LogP contribution in [0.15, 0.2) is 12.1 Å². The van der Waals surface area contributed by atoms with Crippen molar-refractivity contribution in [2.75, 3.05) is 10.8 Å². The molecule has 1 aromatic rings. The minimum Gasteiger partial charge on any atom is -0.306 e. The molecule has 1 aliphatic rings. The molecular weight excluding hydrogens is 286 g/mol. The van der Waals surface area contributed by atoms with Gasteiger partial charge in [-0.05, 0) is 57.2 Å². The molecule has 1 aromatic carbocycles. The van der Waals surface area contributed by atoms with E-state index in [1.54, 1.807) is 11.8 Å². The van der Waals surface area contributed by atoms with Crippen LogP contribution in [0, 0.1) is 6.92 Å². The number of hydrogen-bond acceptors (Lipinski definition) is 2. The van der Waals surface area contributed by atoms with E-state index in [9.17, 15) is 9.59 Å². The summed E-state index contributed by atoms with van der Waals surface area (Å²) in [5, 5.41) is 0. The van der Waals surface area contributed by atoms with Crippen LogP contribution in [0.2, 0.25) is 0 Å². The highest BCUT2D eigenvalue weighted by molar-refractivity contribution is 6.29. The predicted octanol–water partition coefficient (Wildman–Crippen LogP) is 4.06. The molecular formula is C17H22ClNO2. The van der Waals surface area contributed by atoms with Gasteiger partial charge in [0.15, 0.2) is 5.78 Å². The zero-order valence-electron chi connectivity index (χ0n) is 13.3. The quantitative estimate of drug-likeness (QED) is 0.610. The highest BCUT2D eigenvalue weighted by atomic mass is 35.5. The summed E-state index contributed by atoms with van der Waals surface area (Å²) in [6, 6.07) is 3.90. The molecule has 1 aliphatic heterocycles. The Balaban J connectivity index is 2.70. The first-order chi connectivity index (χ1) is 9.69. The first kappa shape index (κ1) is 16.0. The summed E-state index contributed by atoms with van der Waals surface area (Å²) in [7, 11) is 0. The summed E-state index contributed by atoms with van der Waals surface area (Å²) in [5.74, 6) is 0.187. The van der Waals surface area contributed by atoms with E-state index in [-0.39, 0.29) is 23.1 Å². The van der Waals surface area contributed by atoms with Gasteiger partial charge in [0, 0.05) is 16.8 Å². The molecule has 0 fully saturated rings. The lowest BCUT2D eigenvalue weighted by atomic mass is 9.78. The van der Waals surface area contributed by atoms with Gasteiger partial charge in [-0.3, -0.25) is 9.59 Å². The van der Waals surface area contributed by atoms with Gasteiger partial charge < -0.3 is 4.90 Å². The van der Waals surface area contributed by atoms with E-state index < -0.39 is 0 Å². The number of amides is 1. The topological polar surface area (TPSA) is 37.4 Å². The number of carbonyl (C=O) groups is 2. The Morgan fingerprint density at radius 2 is 2.00 bits per heavy atom. The van der Waals surface area contributed by atoms with Gasteiger partial charge in [-0.2, -0.15) is 0 Å². The Morgan fingerprint density at radius 3 is 2.52 bits per heavy atom. The number of Topliss-reactive ketones (excluding diaryl/α,β-unsaturated/α-hetero) is 1. The van der Waals surface area contributed by atoms with E-state index in [1.807, 2.05) is 32.9 Å². The van der Waals surface area contributed by atoms with Crippen LogP contribution in [-0.4, -0.2) is 23.1 Å². The van der Waals surface area contributed by atoms with E-state index in [2.05, 4.69) is 6.92 Å². The van der Waals surface area contributed by atoms with Crippen LogP contribution < -0.4 is 4.90 Å². The number of benzene rings is 1. The first-order valence-corrected chi connectivity index (χ1v) is 7.77. The fourth-order valence-electron chi connectivity index (χ4n) is 3.49. The number of rotatable bonds is 2. The fourth-order valence-corrected chi connectivity index (χ4v) is 3.61. The lowest BCUT2D eigenvalue weighted by Crippen LogP contribution is -2.52. The molecule has 4 heteroatoms. The second-order valence-corrected chi connectivity index (χ2v) is 6.83. The second kappa shape index (κ2) is 5.45. The maximum atomic E-state index is 12.3. The summed E-state index contributed by atoms with van der Waals surface area (Å²) in [5.41, 5.74) is 3.29. The zero-order valence-corrected chi connectivity index (χ0v) is 14.0. The SMILES string of the molecule is CC(=O)c1cc2c(cc1C)[C@@H](C)CC(C)(C)N2C(=O)CCl. The van der Waals surface area contributed by atoms with E-state index in [0.717, 1.165) is 23.2 Å². The smallest absolute Gasteiger partial charge is 0.242 e. The molecule has 1 heterocycles. The van der Waals surface area contributed by atoms with Gasteiger partial charge in [0.25, 0.3) is 0 Å². The van der Waals surface area contributed by atoms with Crippen LogP contribution >= 0.6 is 11.6 Å². The molecule has 0 unspecified atom stereocenters. The average molecular weight is 308 g/mol. The highest BCUT2D eigenvalue weighted by Gasteiger charge is 2.40. The van der Waals surface area contributed by atoms with E-state index in [1.165, 1.54) is 0 Å². The van der Waals surface area contributed by atoms with E-state index in [0.29, 0.717) is 11.5 Å². The molecule has 2 rings (SSSR count). The molecule has 1 atom stereocenters. The molecule has 0 spiro atoms. The van der Waals surface area contributed by atoms with Crippen LogP contribution in [0.4, 0.5) is 5.69 Å². The van der Waals surface area contributed by atoms with E-state index >= 15 is 0 Å². The van der Waals surface area contributed by atoms with Crippen LogP contribution in [0.1, 0.15) is 61.5 Å². The van der Waals surface area contributed by atoms with Crippen LogP contribution in [-0.2, 0) is 4.79 Å². The van der Waals surface area contributed by atoms with Gasteiger partial charge in [-0.15, -0.1) is 11.6 Å². The van der Waals surface area contributed by atoms with Gasteiger partial charge >= 0.3 is 0 Å². The number of ketones is 1. The van der Waals surface area contributed by atoms with Crippen LogP contribution in [0.3, 0.4) is 0 Å².